The molecule has 0 saturated heterocycles. The molecule has 1 unspecified atom stereocenters. The van der Waals surface area contributed by atoms with Gasteiger partial charge in [-0.25, -0.2) is 17.2 Å². The minimum atomic E-state index is -3.95. The topological polar surface area (TPSA) is 69.4 Å². The Bertz CT molecular complexity index is 490. The molecule has 1 rings (SSSR count). The Balaban J connectivity index is 3.01. The van der Waals surface area contributed by atoms with E-state index in [1.54, 1.807) is 0 Å². The van der Waals surface area contributed by atoms with Gasteiger partial charge in [-0.05, 0) is 18.2 Å². The largest absolute Gasteiger partial charge is 0.383 e. The van der Waals surface area contributed by atoms with Crippen LogP contribution < -0.4 is 5.73 Å². The van der Waals surface area contributed by atoms with E-state index in [4.69, 9.17) is 5.73 Å². The number of ether oxygens (including phenoxy) is 1. The van der Waals surface area contributed by atoms with Crippen molar-refractivity contribution in [1.82, 2.24) is 0 Å². The van der Waals surface area contributed by atoms with E-state index in [1.165, 1.54) is 7.11 Å². The van der Waals surface area contributed by atoms with E-state index >= 15 is 0 Å². The second-order valence-electron chi connectivity index (χ2n) is 3.57. The molecule has 0 fully saturated rings. The van der Waals surface area contributed by atoms with E-state index in [0.29, 0.717) is 6.07 Å². The number of hydrogen-bond acceptors (Lipinski definition) is 4. The summed E-state index contributed by atoms with van der Waals surface area (Å²) in [6.45, 7) is 0.0240. The minimum absolute atomic E-state index is 0.0240. The first-order valence-electron chi connectivity index (χ1n) is 4.79. The summed E-state index contributed by atoms with van der Waals surface area (Å²) in [4.78, 5) is -0.677. The molecule has 0 amide bonds. The molecular weight excluding hydrogens is 252 g/mol. The zero-order valence-corrected chi connectivity index (χ0v) is 10.0. The van der Waals surface area contributed by atoms with Gasteiger partial charge in [0.25, 0.3) is 0 Å². The van der Waals surface area contributed by atoms with Crippen molar-refractivity contribution < 1.29 is 21.9 Å². The van der Waals surface area contributed by atoms with Crippen LogP contribution in [0.2, 0.25) is 0 Å². The van der Waals surface area contributed by atoms with Gasteiger partial charge in [0.1, 0.15) is 16.5 Å². The predicted octanol–water partition coefficient (Wildman–Crippen LogP) is 0.712. The van der Waals surface area contributed by atoms with Crippen molar-refractivity contribution in [3.63, 3.8) is 0 Å². The average Bonchev–Trinajstić information content (AvgIpc) is 2.21. The van der Waals surface area contributed by atoms with Crippen LogP contribution in [0.1, 0.15) is 0 Å². The number of rotatable bonds is 5. The monoisotopic (exact) mass is 265 g/mol. The number of nitrogens with two attached hydrogens (primary N) is 1. The van der Waals surface area contributed by atoms with Crippen LogP contribution >= 0.6 is 0 Å². The molecule has 2 N–H and O–H groups in total. The van der Waals surface area contributed by atoms with Crippen LogP contribution in [0.15, 0.2) is 23.1 Å². The first-order chi connectivity index (χ1) is 7.86. The fraction of sp³-hybridized carbons (Fsp3) is 0.400. The molecule has 0 aliphatic carbocycles. The molecule has 7 heteroatoms. The van der Waals surface area contributed by atoms with Gasteiger partial charge in [-0.1, -0.05) is 0 Å². The van der Waals surface area contributed by atoms with Crippen LogP contribution in [0, 0.1) is 11.6 Å². The van der Waals surface area contributed by atoms with Gasteiger partial charge < -0.3 is 10.5 Å². The number of methoxy groups -OCH3 is 1. The zero-order chi connectivity index (χ0) is 13.1. The highest BCUT2D eigenvalue weighted by Crippen LogP contribution is 2.17. The van der Waals surface area contributed by atoms with Gasteiger partial charge in [-0.2, -0.15) is 0 Å². The van der Waals surface area contributed by atoms with E-state index in [1.807, 2.05) is 0 Å². The van der Waals surface area contributed by atoms with Gasteiger partial charge in [0, 0.05) is 13.2 Å². The summed E-state index contributed by atoms with van der Waals surface area (Å²) >= 11 is 0. The molecule has 0 aliphatic heterocycles. The van der Waals surface area contributed by atoms with Crippen LogP contribution in [-0.2, 0) is 14.6 Å². The second kappa shape index (κ2) is 5.52. The summed E-state index contributed by atoms with van der Waals surface area (Å²) in [7, 11) is -2.58. The molecule has 0 bridgehead atoms. The Kier molecular flexibility index (Phi) is 4.55. The van der Waals surface area contributed by atoms with Crippen LogP contribution in [0.3, 0.4) is 0 Å². The Labute approximate surface area is 98.3 Å². The minimum Gasteiger partial charge on any atom is -0.383 e. The van der Waals surface area contributed by atoms with Crippen molar-refractivity contribution in [3.05, 3.63) is 29.8 Å². The highest BCUT2D eigenvalue weighted by atomic mass is 32.2. The lowest BCUT2D eigenvalue weighted by molar-refractivity contribution is 0.186. The molecule has 1 aromatic rings. The third kappa shape index (κ3) is 3.72. The van der Waals surface area contributed by atoms with Crippen LogP contribution in [0.4, 0.5) is 8.78 Å². The van der Waals surface area contributed by atoms with Gasteiger partial charge >= 0.3 is 0 Å². The molecule has 0 aliphatic rings. The predicted molar refractivity (Wildman–Crippen MR) is 58.3 cm³/mol. The van der Waals surface area contributed by atoms with E-state index in [9.17, 15) is 17.2 Å². The number of hydrogen-bond donors (Lipinski definition) is 1. The molecule has 96 valence electrons. The SMILES string of the molecule is COCC(N)CS(=O)(=O)c1cc(F)ccc1F. The smallest absolute Gasteiger partial charge is 0.182 e. The molecule has 1 atom stereocenters. The summed E-state index contributed by atoms with van der Waals surface area (Å²) in [6, 6.07) is 1.48. The summed E-state index contributed by atoms with van der Waals surface area (Å²) < 4.78 is 54.3. The lowest BCUT2D eigenvalue weighted by Crippen LogP contribution is -2.34. The number of benzene rings is 1. The molecule has 0 aromatic heterocycles. The van der Waals surface area contributed by atoms with Crippen molar-refractivity contribution in [1.29, 1.82) is 0 Å². The second-order valence-corrected chi connectivity index (χ2v) is 5.57. The lowest BCUT2D eigenvalue weighted by Gasteiger charge is -2.11. The van der Waals surface area contributed by atoms with Crippen molar-refractivity contribution in [3.8, 4) is 0 Å². The van der Waals surface area contributed by atoms with Gasteiger partial charge in [0.2, 0.25) is 0 Å². The fourth-order valence-corrected chi connectivity index (χ4v) is 2.85. The Hall–Kier alpha value is -1.05. The molecular formula is C10H13F2NO3S. The molecule has 1 aromatic carbocycles. The van der Waals surface area contributed by atoms with Crippen LogP contribution in [0.25, 0.3) is 0 Å². The molecule has 0 saturated carbocycles. The van der Waals surface area contributed by atoms with E-state index < -0.39 is 38.2 Å². The quantitative estimate of drug-likeness (QED) is 0.851. The fourth-order valence-electron chi connectivity index (χ4n) is 1.35. The molecule has 0 heterocycles. The van der Waals surface area contributed by atoms with Gasteiger partial charge in [-0.15, -0.1) is 0 Å². The van der Waals surface area contributed by atoms with Gasteiger partial charge in [0.05, 0.1) is 12.4 Å². The van der Waals surface area contributed by atoms with E-state index in [-0.39, 0.29) is 6.61 Å². The van der Waals surface area contributed by atoms with Crippen LogP contribution in [-0.4, -0.2) is 33.9 Å². The number of halogens is 2. The molecule has 17 heavy (non-hydrogen) atoms. The average molecular weight is 265 g/mol. The summed E-state index contributed by atoms with van der Waals surface area (Å²) in [6.07, 6.45) is 0. The highest BCUT2D eigenvalue weighted by molar-refractivity contribution is 7.91. The van der Waals surface area contributed by atoms with Gasteiger partial charge in [0.15, 0.2) is 9.84 Å². The summed E-state index contributed by atoms with van der Waals surface area (Å²) in [5, 5.41) is 0. The first kappa shape index (κ1) is 14.0. The molecule has 0 radical (unpaired) electrons. The van der Waals surface area contributed by atoms with Crippen molar-refractivity contribution in [2.24, 2.45) is 5.73 Å². The maximum absolute atomic E-state index is 13.3. The molecule has 4 nitrogen and oxygen atoms in total. The van der Waals surface area contributed by atoms with Crippen LogP contribution in [0.5, 0.6) is 0 Å². The maximum atomic E-state index is 13.3. The molecule has 0 spiro atoms. The van der Waals surface area contributed by atoms with E-state index in [2.05, 4.69) is 4.74 Å². The maximum Gasteiger partial charge on any atom is 0.182 e. The zero-order valence-electron chi connectivity index (χ0n) is 9.19. The Morgan fingerprint density at radius 3 is 2.65 bits per heavy atom. The number of sulfone groups is 1. The third-order valence-electron chi connectivity index (χ3n) is 2.04. The van der Waals surface area contributed by atoms with Gasteiger partial charge in [-0.3, -0.25) is 0 Å². The van der Waals surface area contributed by atoms with Crippen molar-refractivity contribution in [2.45, 2.75) is 10.9 Å². The van der Waals surface area contributed by atoms with Crippen molar-refractivity contribution in [2.75, 3.05) is 19.5 Å². The normalized spacial score (nSPS) is 13.6. The Morgan fingerprint density at radius 1 is 1.41 bits per heavy atom. The first-order valence-corrected chi connectivity index (χ1v) is 6.44. The summed E-state index contributed by atoms with van der Waals surface area (Å²) in [5.74, 6) is -2.30. The standard InChI is InChI=1S/C10H13F2NO3S/c1-16-5-8(13)6-17(14,15)10-4-7(11)2-3-9(10)12/h2-4,8H,5-6,13H2,1H3. The Morgan fingerprint density at radius 2 is 2.06 bits per heavy atom. The summed E-state index contributed by atoms with van der Waals surface area (Å²) in [5.41, 5.74) is 5.48. The van der Waals surface area contributed by atoms with E-state index in [0.717, 1.165) is 12.1 Å². The highest BCUT2D eigenvalue weighted by Gasteiger charge is 2.23. The lowest BCUT2D eigenvalue weighted by atomic mass is 10.3. The third-order valence-corrected chi connectivity index (χ3v) is 3.89. The van der Waals surface area contributed by atoms with Crippen molar-refractivity contribution >= 4 is 9.84 Å².